The van der Waals surface area contributed by atoms with Gasteiger partial charge in [0.1, 0.15) is 0 Å². The van der Waals surface area contributed by atoms with Gasteiger partial charge in [-0.1, -0.05) is 19.1 Å². The Hall–Kier alpha value is -2.12. The minimum atomic E-state index is -0.0565. The second-order valence-electron chi connectivity index (χ2n) is 7.19. The van der Waals surface area contributed by atoms with E-state index in [9.17, 15) is 4.79 Å². The summed E-state index contributed by atoms with van der Waals surface area (Å²) in [5.41, 5.74) is 1.82. The Morgan fingerprint density at radius 1 is 1.29 bits per heavy atom. The quantitative estimate of drug-likeness (QED) is 0.436. The highest BCUT2D eigenvalue weighted by atomic mass is 16.5. The molecule has 1 fully saturated rings. The van der Waals surface area contributed by atoms with Crippen LogP contribution < -0.4 is 16.0 Å². The number of hydrogen-bond acceptors (Lipinski definition) is 4. The summed E-state index contributed by atoms with van der Waals surface area (Å²) in [4.78, 5) is 18.9. The van der Waals surface area contributed by atoms with Crippen molar-refractivity contribution in [2.45, 2.75) is 20.3 Å². The van der Waals surface area contributed by atoms with E-state index in [2.05, 4.69) is 34.7 Å². The van der Waals surface area contributed by atoms with Crippen molar-refractivity contribution in [1.82, 2.24) is 20.9 Å². The van der Waals surface area contributed by atoms with Crippen molar-refractivity contribution >= 4 is 11.9 Å². The first-order valence-electron chi connectivity index (χ1n) is 10.3. The molecule has 0 radical (unpaired) electrons. The van der Waals surface area contributed by atoms with E-state index in [4.69, 9.17) is 9.73 Å². The second-order valence-corrected chi connectivity index (χ2v) is 7.19. The molecular weight excluding hydrogens is 354 g/mol. The molecule has 1 aliphatic heterocycles. The molecule has 3 N–H and O–H groups in total. The molecule has 28 heavy (non-hydrogen) atoms. The first-order valence-corrected chi connectivity index (χ1v) is 10.3. The van der Waals surface area contributed by atoms with Gasteiger partial charge in [-0.05, 0) is 37.0 Å². The Balaban J connectivity index is 1.79. The van der Waals surface area contributed by atoms with Crippen molar-refractivity contribution in [2.24, 2.45) is 10.9 Å². The Labute approximate surface area is 168 Å². The average Bonchev–Trinajstić information content (AvgIpc) is 2.72. The van der Waals surface area contributed by atoms with Gasteiger partial charge >= 0.3 is 0 Å². The topological polar surface area (TPSA) is 78.0 Å². The summed E-state index contributed by atoms with van der Waals surface area (Å²) >= 11 is 0. The van der Waals surface area contributed by atoms with Crippen molar-refractivity contribution in [3.63, 3.8) is 0 Å². The van der Waals surface area contributed by atoms with Crippen LogP contribution in [0.25, 0.3) is 0 Å². The van der Waals surface area contributed by atoms with Crippen LogP contribution in [0.3, 0.4) is 0 Å². The molecule has 0 spiro atoms. The highest BCUT2D eigenvalue weighted by molar-refractivity contribution is 5.94. The Morgan fingerprint density at radius 3 is 2.79 bits per heavy atom. The predicted octanol–water partition coefficient (Wildman–Crippen LogP) is 1.11. The highest BCUT2D eigenvalue weighted by Gasteiger charge is 2.13. The van der Waals surface area contributed by atoms with Crippen LogP contribution in [-0.4, -0.2) is 76.3 Å². The molecule has 1 aromatic rings. The van der Waals surface area contributed by atoms with Gasteiger partial charge in [0.2, 0.25) is 0 Å². The number of rotatable bonds is 9. The molecule has 1 amide bonds. The maximum atomic E-state index is 11.8. The van der Waals surface area contributed by atoms with Crippen LogP contribution in [0.4, 0.5) is 0 Å². The summed E-state index contributed by atoms with van der Waals surface area (Å²) in [5, 5.41) is 9.37. The van der Waals surface area contributed by atoms with Gasteiger partial charge in [-0.2, -0.15) is 0 Å². The van der Waals surface area contributed by atoms with Crippen molar-refractivity contribution in [2.75, 3.05) is 59.5 Å². The number of benzene rings is 1. The number of amides is 1. The molecular formula is C21H35N5O2. The molecule has 1 heterocycles. The maximum Gasteiger partial charge on any atom is 0.251 e. The lowest BCUT2D eigenvalue weighted by Crippen LogP contribution is -2.40. The van der Waals surface area contributed by atoms with E-state index in [0.29, 0.717) is 11.5 Å². The average molecular weight is 390 g/mol. The third-order valence-electron chi connectivity index (χ3n) is 4.70. The third kappa shape index (κ3) is 7.86. The first-order chi connectivity index (χ1) is 13.6. The second kappa shape index (κ2) is 12.4. The highest BCUT2D eigenvalue weighted by Crippen LogP contribution is 2.06. The number of nitrogens with one attached hydrogen (secondary N) is 3. The molecule has 7 nitrogen and oxygen atoms in total. The first kappa shape index (κ1) is 22.2. The smallest absolute Gasteiger partial charge is 0.251 e. The third-order valence-corrected chi connectivity index (χ3v) is 4.70. The van der Waals surface area contributed by atoms with Gasteiger partial charge in [0.15, 0.2) is 5.96 Å². The lowest BCUT2D eigenvalue weighted by molar-refractivity contribution is 0.0323. The van der Waals surface area contributed by atoms with Crippen LogP contribution in [0.1, 0.15) is 29.8 Å². The van der Waals surface area contributed by atoms with E-state index in [0.717, 1.165) is 70.4 Å². The lowest BCUT2D eigenvalue weighted by atomic mass is 10.1. The maximum absolute atomic E-state index is 11.8. The van der Waals surface area contributed by atoms with Crippen LogP contribution >= 0.6 is 0 Å². The van der Waals surface area contributed by atoms with Crippen molar-refractivity contribution in [3.05, 3.63) is 35.4 Å². The van der Waals surface area contributed by atoms with Crippen LogP contribution in [0, 0.1) is 5.92 Å². The molecule has 1 atom stereocenters. The van der Waals surface area contributed by atoms with Gasteiger partial charge in [-0.25, -0.2) is 0 Å². The molecule has 0 aliphatic carbocycles. The molecule has 0 saturated carbocycles. The monoisotopic (exact) mass is 389 g/mol. The number of nitrogens with zero attached hydrogens (tertiary/aromatic N) is 2. The van der Waals surface area contributed by atoms with Crippen molar-refractivity contribution in [1.29, 1.82) is 0 Å². The molecule has 0 aromatic heterocycles. The normalized spacial score (nSPS) is 16.5. The molecule has 1 unspecified atom stereocenters. The van der Waals surface area contributed by atoms with E-state index in [1.165, 1.54) is 0 Å². The van der Waals surface area contributed by atoms with Crippen molar-refractivity contribution < 1.29 is 9.53 Å². The molecule has 1 aromatic carbocycles. The van der Waals surface area contributed by atoms with E-state index >= 15 is 0 Å². The van der Waals surface area contributed by atoms with Crippen molar-refractivity contribution in [3.8, 4) is 0 Å². The van der Waals surface area contributed by atoms with Crippen LogP contribution in [0.15, 0.2) is 29.3 Å². The van der Waals surface area contributed by atoms with Gasteiger partial charge in [0.25, 0.3) is 5.91 Å². The zero-order valence-electron chi connectivity index (χ0n) is 17.5. The largest absolute Gasteiger partial charge is 0.379 e. The summed E-state index contributed by atoms with van der Waals surface area (Å²) in [6.07, 6.45) is 0.832. The van der Waals surface area contributed by atoms with Gasteiger partial charge < -0.3 is 20.7 Å². The number of aliphatic imine (C=N–C) groups is 1. The minimum absolute atomic E-state index is 0.0565. The summed E-state index contributed by atoms with van der Waals surface area (Å²) in [5.74, 6) is 1.29. The van der Waals surface area contributed by atoms with E-state index in [1.54, 1.807) is 7.05 Å². The van der Waals surface area contributed by atoms with E-state index in [-0.39, 0.29) is 5.91 Å². The fourth-order valence-corrected chi connectivity index (χ4v) is 3.21. The Kier molecular flexibility index (Phi) is 9.79. The molecule has 0 bridgehead atoms. The SMILES string of the molecule is CCNC(=NCC(C)CN1CCOCC1)NCCc1cccc(C(=O)NC)c1. The molecule has 1 aliphatic rings. The van der Waals surface area contributed by atoms with Gasteiger partial charge in [-0.15, -0.1) is 0 Å². The summed E-state index contributed by atoms with van der Waals surface area (Å²) in [7, 11) is 1.65. The molecule has 1 saturated heterocycles. The van der Waals surface area contributed by atoms with E-state index < -0.39 is 0 Å². The minimum Gasteiger partial charge on any atom is -0.379 e. The number of hydrogen-bond donors (Lipinski definition) is 3. The fourth-order valence-electron chi connectivity index (χ4n) is 3.21. The van der Waals surface area contributed by atoms with Crippen LogP contribution in [0.5, 0.6) is 0 Å². The van der Waals surface area contributed by atoms with E-state index in [1.807, 2.05) is 24.3 Å². The zero-order valence-corrected chi connectivity index (χ0v) is 17.5. The zero-order chi connectivity index (χ0) is 20.2. The summed E-state index contributed by atoms with van der Waals surface area (Å²) < 4.78 is 5.41. The summed E-state index contributed by atoms with van der Waals surface area (Å²) in [6, 6.07) is 7.74. The number of morpholine rings is 1. The number of ether oxygens (including phenoxy) is 1. The van der Waals surface area contributed by atoms with Crippen LogP contribution in [0.2, 0.25) is 0 Å². The number of carbonyl (C=O) groups is 1. The molecule has 7 heteroatoms. The van der Waals surface area contributed by atoms with Crippen LogP contribution in [-0.2, 0) is 11.2 Å². The lowest BCUT2D eigenvalue weighted by Gasteiger charge is -2.28. The molecule has 156 valence electrons. The van der Waals surface area contributed by atoms with Gasteiger partial charge in [0.05, 0.1) is 13.2 Å². The number of guanidine groups is 1. The predicted molar refractivity (Wildman–Crippen MR) is 114 cm³/mol. The number of carbonyl (C=O) groups excluding carboxylic acids is 1. The Morgan fingerprint density at radius 2 is 2.07 bits per heavy atom. The van der Waals surface area contributed by atoms with Gasteiger partial charge in [0, 0.05) is 51.9 Å². The molecule has 2 rings (SSSR count). The standard InChI is InChI=1S/C21H35N5O2/c1-4-23-21(25-15-17(2)16-26-10-12-28-13-11-26)24-9-8-18-6-5-7-19(14-18)20(27)22-3/h5-7,14,17H,4,8-13,15-16H2,1-3H3,(H,22,27)(H2,23,24,25). The Bertz CT molecular complexity index is 629. The van der Waals surface area contributed by atoms with Gasteiger partial charge in [-0.3, -0.25) is 14.7 Å². The fraction of sp³-hybridized carbons (Fsp3) is 0.619. The summed E-state index contributed by atoms with van der Waals surface area (Å²) in [6.45, 7) is 11.5.